The zero-order valence-electron chi connectivity index (χ0n) is 18.2. The van der Waals surface area contributed by atoms with Crippen LogP contribution in [0.3, 0.4) is 0 Å². The molecule has 2 heterocycles. The Balaban J connectivity index is 1.59. The minimum atomic E-state index is 0.160. The standard InChI is InChI=1S/C23H37N5O/c1-3-24-23(28-15-13-27(14-16-28)20(2)29)25-18-21-9-8-10-22(17-21)19-26-11-6-4-5-7-12-26/h8-10,17H,3-7,11-16,18-19H2,1-2H3,(H,24,25). The Morgan fingerprint density at radius 1 is 0.966 bits per heavy atom. The Hall–Kier alpha value is -2.08. The van der Waals surface area contributed by atoms with E-state index in [9.17, 15) is 4.79 Å². The van der Waals surface area contributed by atoms with Crippen LogP contribution in [-0.2, 0) is 17.9 Å². The molecule has 1 aromatic rings. The number of aliphatic imine (C=N–C) groups is 1. The molecule has 29 heavy (non-hydrogen) atoms. The van der Waals surface area contributed by atoms with Gasteiger partial charge in [-0.15, -0.1) is 0 Å². The van der Waals surface area contributed by atoms with Crippen molar-refractivity contribution in [1.29, 1.82) is 0 Å². The van der Waals surface area contributed by atoms with E-state index in [4.69, 9.17) is 4.99 Å². The largest absolute Gasteiger partial charge is 0.357 e. The van der Waals surface area contributed by atoms with Crippen LogP contribution < -0.4 is 5.32 Å². The Bertz CT molecular complexity index is 674. The van der Waals surface area contributed by atoms with Crippen molar-refractivity contribution in [3.63, 3.8) is 0 Å². The summed E-state index contributed by atoms with van der Waals surface area (Å²) in [5, 5.41) is 3.42. The second kappa shape index (κ2) is 11.2. The summed E-state index contributed by atoms with van der Waals surface area (Å²) in [4.78, 5) is 23.2. The second-order valence-electron chi connectivity index (χ2n) is 8.17. The topological polar surface area (TPSA) is 51.2 Å². The summed E-state index contributed by atoms with van der Waals surface area (Å²) >= 11 is 0. The Kier molecular flexibility index (Phi) is 8.35. The third kappa shape index (κ3) is 6.74. The van der Waals surface area contributed by atoms with Gasteiger partial charge in [0.2, 0.25) is 5.91 Å². The predicted molar refractivity (Wildman–Crippen MR) is 119 cm³/mol. The number of nitrogens with one attached hydrogen (secondary N) is 1. The number of carbonyl (C=O) groups is 1. The van der Waals surface area contributed by atoms with E-state index in [1.807, 2.05) is 4.90 Å². The number of carbonyl (C=O) groups excluding carboxylic acids is 1. The highest BCUT2D eigenvalue weighted by molar-refractivity contribution is 5.80. The molecule has 2 aliphatic rings. The van der Waals surface area contributed by atoms with Gasteiger partial charge in [-0.3, -0.25) is 9.69 Å². The van der Waals surface area contributed by atoms with Gasteiger partial charge in [0, 0.05) is 46.2 Å². The summed E-state index contributed by atoms with van der Waals surface area (Å²) in [6.07, 6.45) is 5.40. The smallest absolute Gasteiger partial charge is 0.219 e. The van der Waals surface area contributed by atoms with E-state index in [2.05, 4.69) is 46.3 Å². The van der Waals surface area contributed by atoms with Crippen LogP contribution in [0.5, 0.6) is 0 Å². The van der Waals surface area contributed by atoms with Gasteiger partial charge in [-0.2, -0.15) is 0 Å². The number of amides is 1. The molecule has 160 valence electrons. The first-order valence-electron chi connectivity index (χ1n) is 11.2. The van der Waals surface area contributed by atoms with E-state index in [-0.39, 0.29) is 5.91 Å². The lowest BCUT2D eigenvalue weighted by atomic mass is 10.1. The van der Waals surface area contributed by atoms with Crippen molar-refractivity contribution < 1.29 is 4.79 Å². The second-order valence-corrected chi connectivity index (χ2v) is 8.17. The van der Waals surface area contributed by atoms with Gasteiger partial charge in [0.05, 0.1) is 6.54 Å². The Labute approximate surface area is 176 Å². The molecule has 0 bridgehead atoms. The lowest BCUT2D eigenvalue weighted by molar-refractivity contribution is -0.130. The van der Waals surface area contributed by atoms with E-state index in [0.29, 0.717) is 6.54 Å². The molecule has 1 amide bonds. The maximum Gasteiger partial charge on any atom is 0.219 e. The van der Waals surface area contributed by atoms with Crippen LogP contribution in [0.25, 0.3) is 0 Å². The first-order chi connectivity index (χ1) is 14.2. The van der Waals surface area contributed by atoms with Gasteiger partial charge >= 0.3 is 0 Å². The molecule has 2 fully saturated rings. The molecule has 6 heteroatoms. The van der Waals surface area contributed by atoms with Crippen molar-refractivity contribution in [2.24, 2.45) is 4.99 Å². The van der Waals surface area contributed by atoms with Gasteiger partial charge in [0.25, 0.3) is 0 Å². The third-order valence-corrected chi connectivity index (χ3v) is 5.87. The zero-order valence-corrected chi connectivity index (χ0v) is 18.2. The van der Waals surface area contributed by atoms with Crippen molar-refractivity contribution in [2.45, 2.75) is 52.6 Å². The number of benzene rings is 1. The lowest BCUT2D eigenvalue weighted by Crippen LogP contribution is -2.53. The fraction of sp³-hybridized carbons (Fsp3) is 0.652. The van der Waals surface area contributed by atoms with Crippen LogP contribution >= 0.6 is 0 Å². The Morgan fingerprint density at radius 2 is 1.62 bits per heavy atom. The number of rotatable bonds is 5. The molecule has 2 aliphatic heterocycles. The monoisotopic (exact) mass is 399 g/mol. The molecule has 6 nitrogen and oxygen atoms in total. The van der Waals surface area contributed by atoms with Crippen molar-refractivity contribution >= 4 is 11.9 Å². The average Bonchev–Trinajstić information content (AvgIpc) is 3.00. The lowest BCUT2D eigenvalue weighted by Gasteiger charge is -2.36. The number of likely N-dealkylation sites (tertiary alicyclic amines) is 1. The maximum absolute atomic E-state index is 11.6. The van der Waals surface area contributed by atoms with Crippen LogP contribution in [0.2, 0.25) is 0 Å². The van der Waals surface area contributed by atoms with Crippen LogP contribution in [0, 0.1) is 0 Å². The van der Waals surface area contributed by atoms with E-state index in [1.165, 1.54) is 49.9 Å². The highest BCUT2D eigenvalue weighted by atomic mass is 16.2. The van der Waals surface area contributed by atoms with E-state index >= 15 is 0 Å². The fourth-order valence-electron chi connectivity index (χ4n) is 4.20. The quantitative estimate of drug-likeness (QED) is 0.611. The highest BCUT2D eigenvalue weighted by Crippen LogP contribution is 2.15. The molecule has 0 spiro atoms. The molecule has 1 aromatic carbocycles. The SMILES string of the molecule is CCNC(=NCc1cccc(CN2CCCCCC2)c1)N1CCN(C(C)=O)CC1. The summed E-state index contributed by atoms with van der Waals surface area (Å²) in [5.41, 5.74) is 2.65. The van der Waals surface area contributed by atoms with Crippen molar-refractivity contribution in [3.05, 3.63) is 35.4 Å². The minimum absolute atomic E-state index is 0.160. The van der Waals surface area contributed by atoms with Crippen LogP contribution in [-0.4, -0.2) is 72.4 Å². The summed E-state index contributed by atoms with van der Waals surface area (Å²) in [5.74, 6) is 1.11. The van der Waals surface area contributed by atoms with Crippen LogP contribution in [0.1, 0.15) is 50.7 Å². The van der Waals surface area contributed by atoms with Crippen molar-refractivity contribution in [1.82, 2.24) is 20.0 Å². The normalized spacial score (nSPS) is 19.2. The molecule has 3 rings (SSSR count). The summed E-state index contributed by atoms with van der Waals surface area (Å²) in [6, 6.07) is 8.89. The Morgan fingerprint density at radius 3 is 2.28 bits per heavy atom. The average molecular weight is 400 g/mol. The third-order valence-electron chi connectivity index (χ3n) is 5.87. The molecular formula is C23H37N5O. The number of hydrogen-bond acceptors (Lipinski definition) is 3. The minimum Gasteiger partial charge on any atom is -0.357 e. The molecule has 0 atom stereocenters. The number of nitrogens with zero attached hydrogens (tertiary/aromatic N) is 4. The van der Waals surface area contributed by atoms with Crippen molar-refractivity contribution in [2.75, 3.05) is 45.8 Å². The van der Waals surface area contributed by atoms with E-state index in [0.717, 1.165) is 45.2 Å². The van der Waals surface area contributed by atoms with Gasteiger partial charge in [0.1, 0.15) is 0 Å². The van der Waals surface area contributed by atoms with Crippen molar-refractivity contribution in [3.8, 4) is 0 Å². The molecule has 2 saturated heterocycles. The molecule has 0 radical (unpaired) electrons. The number of hydrogen-bond donors (Lipinski definition) is 1. The molecule has 1 N–H and O–H groups in total. The first-order valence-corrected chi connectivity index (χ1v) is 11.2. The summed E-state index contributed by atoms with van der Waals surface area (Å²) < 4.78 is 0. The van der Waals surface area contributed by atoms with E-state index in [1.54, 1.807) is 6.92 Å². The number of piperazine rings is 1. The molecule has 0 aromatic heterocycles. The van der Waals surface area contributed by atoms with Crippen LogP contribution in [0.4, 0.5) is 0 Å². The van der Waals surface area contributed by atoms with Gasteiger partial charge in [0.15, 0.2) is 5.96 Å². The zero-order chi connectivity index (χ0) is 20.5. The first kappa shape index (κ1) is 21.6. The molecule has 0 saturated carbocycles. The van der Waals surface area contributed by atoms with Gasteiger partial charge in [-0.1, -0.05) is 37.1 Å². The van der Waals surface area contributed by atoms with Gasteiger partial charge in [-0.05, 0) is 44.0 Å². The molecule has 0 aliphatic carbocycles. The molecular weight excluding hydrogens is 362 g/mol. The summed E-state index contributed by atoms with van der Waals surface area (Å²) in [7, 11) is 0. The predicted octanol–water partition coefficient (Wildman–Crippen LogP) is 2.69. The van der Waals surface area contributed by atoms with Gasteiger partial charge in [-0.25, -0.2) is 4.99 Å². The fourth-order valence-corrected chi connectivity index (χ4v) is 4.20. The molecule has 0 unspecified atom stereocenters. The maximum atomic E-state index is 11.6. The highest BCUT2D eigenvalue weighted by Gasteiger charge is 2.20. The summed E-state index contributed by atoms with van der Waals surface area (Å²) in [6.45, 7) is 12.0. The van der Waals surface area contributed by atoms with Crippen LogP contribution in [0.15, 0.2) is 29.3 Å². The number of guanidine groups is 1. The van der Waals surface area contributed by atoms with Gasteiger partial charge < -0.3 is 15.1 Å². The van der Waals surface area contributed by atoms with E-state index < -0.39 is 0 Å².